The zero-order chi connectivity index (χ0) is 13.5. The molecule has 2 nitrogen and oxygen atoms in total. The van der Waals surface area contributed by atoms with Gasteiger partial charge in [-0.1, -0.05) is 54.6 Å². The highest BCUT2D eigenvalue weighted by atomic mass is 16.1. The summed E-state index contributed by atoms with van der Waals surface area (Å²) in [7, 11) is 0. The van der Waals surface area contributed by atoms with E-state index >= 15 is 0 Å². The fraction of sp³-hybridized carbons (Fsp3) is 0.188. The van der Waals surface area contributed by atoms with Crippen molar-refractivity contribution in [3.8, 4) is 11.1 Å². The van der Waals surface area contributed by atoms with Crippen molar-refractivity contribution in [3.05, 3.63) is 60.1 Å². The van der Waals surface area contributed by atoms with Crippen LogP contribution in [0.15, 0.2) is 54.6 Å². The normalized spacial score (nSPS) is 17.0. The van der Waals surface area contributed by atoms with Crippen molar-refractivity contribution < 1.29 is 6.17 Å². The molecule has 18 heavy (non-hydrogen) atoms. The molecular weight excluding hydrogens is 222 g/mol. The van der Waals surface area contributed by atoms with E-state index in [-0.39, 0.29) is 5.91 Å². The zero-order valence-electron chi connectivity index (χ0n) is 11.0. The Morgan fingerprint density at radius 2 is 1.89 bits per heavy atom. The average molecular weight is 239 g/mol. The molecule has 1 aliphatic rings. The van der Waals surface area contributed by atoms with Gasteiger partial charge in [0.15, 0.2) is 0 Å². The lowest BCUT2D eigenvalue weighted by atomic mass is 9.92. The lowest BCUT2D eigenvalue weighted by Crippen LogP contribution is -2.28. The summed E-state index contributed by atoms with van der Waals surface area (Å²) in [5.41, 5.74) is 7.86. The molecule has 0 unspecified atom stereocenters. The molecule has 2 aromatic carbocycles. The van der Waals surface area contributed by atoms with E-state index in [0.717, 1.165) is 29.5 Å². The summed E-state index contributed by atoms with van der Waals surface area (Å²) in [4.78, 5) is 11.6. The molecule has 0 heterocycles. The van der Waals surface area contributed by atoms with E-state index in [1.165, 1.54) is 0 Å². The van der Waals surface area contributed by atoms with E-state index in [4.69, 9.17) is 7.10 Å². The summed E-state index contributed by atoms with van der Waals surface area (Å²) >= 11 is 0. The third kappa shape index (κ3) is 1.70. The van der Waals surface area contributed by atoms with E-state index < -0.39 is 5.41 Å². The van der Waals surface area contributed by atoms with Crippen molar-refractivity contribution >= 4 is 5.91 Å². The largest absolute Gasteiger partial charge is 0.369 e. The molecule has 0 atom stereocenters. The predicted molar refractivity (Wildman–Crippen MR) is 72.0 cm³/mol. The average Bonchev–Trinajstić information content (AvgIpc) is 3.21. The lowest BCUT2D eigenvalue weighted by molar-refractivity contribution is -0.120. The Labute approximate surface area is 108 Å². The molecular formula is C16H15NO. The number of hydrogen-bond donors (Lipinski definition) is 1. The van der Waals surface area contributed by atoms with E-state index in [1.807, 2.05) is 42.5 Å². The van der Waals surface area contributed by atoms with Crippen LogP contribution in [0.25, 0.3) is 11.1 Å². The Balaban J connectivity index is 2.07. The van der Waals surface area contributed by atoms with Gasteiger partial charge in [0.2, 0.25) is 5.91 Å². The smallest absolute Gasteiger partial charge is 0.228 e. The number of nitrogens with two attached hydrogens (primary N) is 1. The van der Waals surface area contributed by atoms with E-state index in [1.54, 1.807) is 6.07 Å². The molecule has 3 rings (SSSR count). The van der Waals surface area contributed by atoms with Gasteiger partial charge in [-0.2, -0.15) is 0 Å². The topological polar surface area (TPSA) is 43.1 Å². The fourth-order valence-corrected chi connectivity index (χ4v) is 2.36. The van der Waals surface area contributed by atoms with Gasteiger partial charge in [0.1, 0.15) is 0 Å². The molecule has 1 saturated carbocycles. The molecule has 0 aliphatic heterocycles. The SMILES string of the molecule is [3H]c1ccccc1-c1cccc(C2(C(N)=O)CC2)c1. The third-order valence-electron chi connectivity index (χ3n) is 3.66. The summed E-state index contributed by atoms with van der Waals surface area (Å²) < 4.78 is 7.94. The lowest BCUT2D eigenvalue weighted by Gasteiger charge is -2.12. The van der Waals surface area contributed by atoms with Crippen LogP contribution in [0.2, 0.25) is 0 Å². The summed E-state index contributed by atoms with van der Waals surface area (Å²) in [6.45, 7) is 0. The molecule has 1 aliphatic carbocycles. The van der Waals surface area contributed by atoms with Crippen LogP contribution < -0.4 is 5.73 Å². The molecule has 1 amide bonds. The molecule has 0 spiro atoms. The van der Waals surface area contributed by atoms with Gasteiger partial charge in [0.25, 0.3) is 0 Å². The Hall–Kier alpha value is -2.09. The van der Waals surface area contributed by atoms with Gasteiger partial charge >= 0.3 is 0 Å². The highest BCUT2D eigenvalue weighted by Gasteiger charge is 2.49. The maximum absolute atomic E-state index is 11.6. The monoisotopic (exact) mass is 239 g/mol. The van der Waals surface area contributed by atoms with E-state index in [0.29, 0.717) is 6.04 Å². The minimum absolute atomic E-state index is 0.246. The third-order valence-corrected chi connectivity index (χ3v) is 3.66. The van der Waals surface area contributed by atoms with Crippen LogP contribution in [0.1, 0.15) is 19.8 Å². The summed E-state index contributed by atoms with van der Waals surface area (Å²) in [5.74, 6) is -0.246. The number of carbonyl (C=O) groups excluding carboxylic acids is 1. The molecule has 0 saturated heterocycles. The molecule has 0 radical (unpaired) electrons. The van der Waals surface area contributed by atoms with Crippen molar-refractivity contribution in [2.75, 3.05) is 0 Å². The first-order chi connectivity index (χ1) is 9.13. The highest BCUT2D eigenvalue weighted by Crippen LogP contribution is 2.48. The molecule has 90 valence electrons. The molecule has 2 aromatic rings. The van der Waals surface area contributed by atoms with Crippen LogP contribution in [0.4, 0.5) is 0 Å². The van der Waals surface area contributed by atoms with E-state index in [9.17, 15) is 4.79 Å². The van der Waals surface area contributed by atoms with Gasteiger partial charge in [-0.15, -0.1) is 0 Å². The quantitative estimate of drug-likeness (QED) is 0.879. The van der Waals surface area contributed by atoms with Crippen LogP contribution in [0.3, 0.4) is 0 Å². The summed E-state index contributed by atoms with van der Waals surface area (Å²) in [6.07, 6.45) is 1.66. The second kappa shape index (κ2) is 3.98. The van der Waals surface area contributed by atoms with Gasteiger partial charge < -0.3 is 5.73 Å². The standard InChI is InChI=1S/C16H15NO/c17-15(18)16(9-10-16)14-8-4-7-13(11-14)12-5-2-1-3-6-12/h1-8,11H,9-10H2,(H2,17,18)/i5T. The van der Waals surface area contributed by atoms with Gasteiger partial charge in [-0.25, -0.2) is 0 Å². The van der Waals surface area contributed by atoms with Crippen LogP contribution >= 0.6 is 0 Å². The molecule has 2 N–H and O–H groups in total. The fourth-order valence-electron chi connectivity index (χ4n) is 2.36. The number of hydrogen-bond acceptors (Lipinski definition) is 1. The summed E-state index contributed by atoms with van der Waals surface area (Å²) in [5, 5.41) is 0. The van der Waals surface area contributed by atoms with Crippen molar-refractivity contribution in [2.24, 2.45) is 5.73 Å². The molecule has 2 heteroatoms. The Morgan fingerprint density at radius 3 is 2.56 bits per heavy atom. The van der Waals surface area contributed by atoms with Crippen molar-refractivity contribution in [1.82, 2.24) is 0 Å². The Morgan fingerprint density at radius 1 is 1.11 bits per heavy atom. The van der Waals surface area contributed by atoms with Gasteiger partial charge in [-0.3, -0.25) is 4.79 Å². The number of rotatable bonds is 3. The van der Waals surface area contributed by atoms with Crippen LogP contribution in [-0.4, -0.2) is 5.91 Å². The van der Waals surface area contributed by atoms with Gasteiger partial charge in [0.05, 0.1) is 6.79 Å². The minimum Gasteiger partial charge on any atom is -0.369 e. The van der Waals surface area contributed by atoms with Gasteiger partial charge in [0, 0.05) is 0 Å². The molecule has 1 fully saturated rings. The van der Waals surface area contributed by atoms with Crippen molar-refractivity contribution in [3.63, 3.8) is 0 Å². The van der Waals surface area contributed by atoms with E-state index in [2.05, 4.69) is 0 Å². The number of amides is 1. The molecule has 0 aromatic heterocycles. The Kier molecular flexibility index (Phi) is 2.19. The second-order valence-corrected chi connectivity index (χ2v) is 4.80. The highest BCUT2D eigenvalue weighted by molar-refractivity contribution is 5.90. The maximum Gasteiger partial charge on any atom is 0.228 e. The van der Waals surface area contributed by atoms with Gasteiger partial charge in [-0.05, 0) is 29.5 Å². The van der Waals surface area contributed by atoms with Crippen LogP contribution in [0.5, 0.6) is 0 Å². The maximum atomic E-state index is 11.6. The molecule has 0 bridgehead atoms. The second-order valence-electron chi connectivity index (χ2n) is 4.80. The number of primary amides is 1. The first-order valence-electron chi connectivity index (χ1n) is 6.60. The number of carbonyl (C=O) groups is 1. The number of benzene rings is 2. The Bertz CT molecular complexity index is 647. The van der Waals surface area contributed by atoms with Crippen molar-refractivity contribution in [2.45, 2.75) is 18.3 Å². The van der Waals surface area contributed by atoms with Crippen LogP contribution in [0, 0.1) is 0 Å². The summed E-state index contributed by atoms with van der Waals surface area (Å²) in [6, 6.07) is 15.8. The minimum atomic E-state index is -0.465. The first kappa shape index (κ1) is 9.89. The van der Waals surface area contributed by atoms with Crippen molar-refractivity contribution in [1.29, 1.82) is 0 Å². The zero-order valence-corrected chi connectivity index (χ0v) is 10.0. The first-order valence-corrected chi connectivity index (χ1v) is 6.10. The van der Waals surface area contributed by atoms with Crippen LogP contribution in [-0.2, 0) is 10.2 Å². The predicted octanol–water partition coefficient (Wildman–Crippen LogP) is 2.87.